The summed E-state index contributed by atoms with van der Waals surface area (Å²) < 4.78 is 30.4. The summed E-state index contributed by atoms with van der Waals surface area (Å²) >= 11 is 0. The Labute approximate surface area is 93.7 Å². The molecule has 0 saturated carbocycles. The maximum Gasteiger partial charge on any atom is 0.312 e. The zero-order valence-corrected chi connectivity index (χ0v) is 8.35. The zero-order chi connectivity index (χ0) is 12.4. The molecular formula is C10H6F2N2O3. The van der Waals surface area contributed by atoms with Crippen LogP contribution in [-0.4, -0.2) is 21.2 Å². The first kappa shape index (κ1) is 11.2. The Morgan fingerprint density at radius 1 is 1.29 bits per heavy atom. The molecule has 1 N–H and O–H groups in total. The Hall–Kier alpha value is -2.31. The van der Waals surface area contributed by atoms with Gasteiger partial charge in [0.15, 0.2) is 0 Å². The number of hydrogen-bond acceptors (Lipinski definition) is 4. The van der Waals surface area contributed by atoms with E-state index >= 15 is 0 Å². The van der Waals surface area contributed by atoms with Gasteiger partial charge in [0.25, 0.3) is 0 Å². The van der Waals surface area contributed by atoms with E-state index < -0.39 is 24.0 Å². The van der Waals surface area contributed by atoms with Crippen LogP contribution >= 0.6 is 0 Å². The van der Waals surface area contributed by atoms with Gasteiger partial charge in [-0.15, -0.1) is 0 Å². The third-order valence-corrected chi connectivity index (χ3v) is 1.89. The molecule has 0 radical (unpaired) electrons. The second kappa shape index (κ2) is 4.28. The predicted octanol–water partition coefficient (Wildman–Crippen LogP) is 1.64. The number of carboxylic acid groups (broad SMARTS) is 1. The number of halogens is 2. The highest BCUT2D eigenvalue weighted by Gasteiger charge is 2.13. The van der Waals surface area contributed by atoms with Gasteiger partial charge in [-0.2, -0.15) is 4.98 Å². The highest BCUT2D eigenvalue weighted by atomic mass is 19.1. The summed E-state index contributed by atoms with van der Waals surface area (Å²) in [5.74, 6) is -2.86. The fourth-order valence-electron chi connectivity index (χ4n) is 1.26. The minimum absolute atomic E-state index is 0.0559. The average Bonchev–Trinajstić information content (AvgIpc) is 2.63. The number of rotatable bonds is 3. The number of carbonyl (C=O) groups is 1. The minimum atomic E-state index is -1.13. The van der Waals surface area contributed by atoms with E-state index in [0.717, 1.165) is 12.1 Å². The summed E-state index contributed by atoms with van der Waals surface area (Å²) in [5, 5.41) is 11.9. The molecule has 0 saturated heterocycles. The molecule has 0 fully saturated rings. The summed E-state index contributed by atoms with van der Waals surface area (Å²) in [6, 6.07) is 2.76. The predicted molar refractivity (Wildman–Crippen MR) is 51.0 cm³/mol. The first-order valence-electron chi connectivity index (χ1n) is 4.55. The Morgan fingerprint density at radius 3 is 2.53 bits per heavy atom. The largest absolute Gasteiger partial charge is 0.481 e. The average molecular weight is 240 g/mol. The normalized spacial score (nSPS) is 10.5. The van der Waals surface area contributed by atoms with Crippen molar-refractivity contribution in [2.45, 2.75) is 6.42 Å². The van der Waals surface area contributed by atoms with Gasteiger partial charge in [0, 0.05) is 11.6 Å². The lowest BCUT2D eigenvalue weighted by atomic mass is 10.2. The van der Waals surface area contributed by atoms with Gasteiger partial charge in [-0.3, -0.25) is 4.79 Å². The molecule has 7 heteroatoms. The first-order chi connectivity index (χ1) is 8.04. The molecule has 0 atom stereocenters. The molecule has 1 aromatic carbocycles. The van der Waals surface area contributed by atoms with Gasteiger partial charge < -0.3 is 9.63 Å². The highest BCUT2D eigenvalue weighted by molar-refractivity contribution is 5.69. The van der Waals surface area contributed by atoms with E-state index in [1.807, 2.05) is 0 Å². The van der Waals surface area contributed by atoms with E-state index in [1.54, 1.807) is 0 Å². The van der Waals surface area contributed by atoms with Crippen LogP contribution in [0.4, 0.5) is 8.78 Å². The molecule has 0 amide bonds. The van der Waals surface area contributed by atoms with Crippen LogP contribution in [0, 0.1) is 11.6 Å². The molecule has 0 aliphatic carbocycles. The van der Waals surface area contributed by atoms with Gasteiger partial charge in [0.2, 0.25) is 11.7 Å². The van der Waals surface area contributed by atoms with E-state index in [9.17, 15) is 13.6 Å². The van der Waals surface area contributed by atoms with Gasteiger partial charge in [-0.25, -0.2) is 8.78 Å². The molecule has 0 aliphatic rings. The summed E-state index contributed by atoms with van der Waals surface area (Å²) in [6.45, 7) is 0. The molecule has 5 nitrogen and oxygen atoms in total. The van der Waals surface area contributed by atoms with E-state index in [-0.39, 0.29) is 17.3 Å². The number of hydrogen-bond donors (Lipinski definition) is 1. The molecule has 2 aromatic rings. The fraction of sp³-hybridized carbons (Fsp3) is 0.100. The van der Waals surface area contributed by atoms with Crippen molar-refractivity contribution in [3.63, 3.8) is 0 Å². The lowest BCUT2D eigenvalue weighted by molar-refractivity contribution is -0.136. The molecule has 1 aromatic heterocycles. The van der Waals surface area contributed by atoms with Crippen molar-refractivity contribution in [3.8, 4) is 11.4 Å². The van der Waals surface area contributed by atoms with Crippen molar-refractivity contribution >= 4 is 5.97 Å². The molecule has 2 rings (SSSR count). The SMILES string of the molecule is O=C(O)Cc1nc(-c2cc(F)cc(F)c2)no1. The van der Waals surface area contributed by atoms with Crippen LogP contribution in [0.3, 0.4) is 0 Å². The van der Waals surface area contributed by atoms with Gasteiger partial charge >= 0.3 is 5.97 Å². The second-order valence-electron chi connectivity index (χ2n) is 3.24. The summed E-state index contributed by atoms with van der Waals surface area (Å²) in [7, 11) is 0. The van der Waals surface area contributed by atoms with Crippen molar-refractivity contribution in [3.05, 3.63) is 35.7 Å². The smallest absolute Gasteiger partial charge is 0.312 e. The molecule has 17 heavy (non-hydrogen) atoms. The number of aromatic nitrogens is 2. The third kappa shape index (κ3) is 2.63. The maximum absolute atomic E-state index is 12.9. The molecule has 0 unspecified atom stereocenters. The monoisotopic (exact) mass is 240 g/mol. The van der Waals surface area contributed by atoms with Gasteiger partial charge in [-0.05, 0) is 12.1 Å². The Kier molecular flexibility index (Phi) is 2.82. The van der Waals surface area contributed by atoms with E-state index in [0.29, 0.717) is 6.07 Å². The Bertz CT molecular complexity index is 548. The number of carboxylic acids is 1. The van der Waals surface area contributed by atoms with E-state index in [2.05, 4.69) is 14.7 Å². The van der Waals surface area contributed by atoms with Crippen LogP contribution < -0.4 is 0 Å². The summed E-state index contributed by atoms with van der Waals surface area (Å²) in [5.41, 5.74) is 0.0860. The topological polar surface area (TPSA) is 76.2 Å². The lowest BCUT2D eigenvalue weighted by Crippen LogP contribution is -1.99. The number of aliphatic carboxylic acids is 1. The molecule has 0 spiro atoms. The van der Waals surface area contributed by atoms with Crippen LogP contribution in [0.25, 0.3) is 11.4 Å². The quantitative estimate of drug-likeness (QED) is 0.882. The molecule has 0 bridgehead atoms. The van der Waals surface area contributed by atoms with Gasteiger partial charge in [0.05, 0.1) is 0 Å². The lowest BCUT2D eigenvalue weighted by Gasteiger charge is -1.95. The Balaban J connectivity index is 2.33. The van der Waals surface area contributed by atoms with Crippen molar-refractivity contribution < 1.29 is 23.2 Å². The summed E-state index contributed by atoms with van der Waals surface area (Å²) in [6.07, 6.45) is -0.440. The number of nitrogens with zero attached hydrogens (tertiary/aromatic N) is 2. The van der Waals surface area contributed by atoms with Crippen LogP contribution in [-0.2, 0) is 11.2 Å². The van der Waals surface area contributed by atoms with Crippen LogP contribution in [0.2, 0.25) is 0 Å². The van der Waals surface area contributed by atoms with Crippen molar-refractivity contribution in [2.75, 3.05) is 0 Å². The Morgan fingerprint density at radius 2 is 1.94 bits per heavy atom. The molecule has 0 aliphatic heterocycles. The van der Waals surface area contributed by atoms with Crippen molar-refractivity contribution in [1.29, 1.82) is 0 Å². The van der Waals surface area contributed by atoms with Crippen LogP contribution in [0.5, 0.6) is 0 Å². The van der Waals surface area contributed by atoms with E-state index in [1.165, 1.54) is 0 Å². The van der Waals surface area contributed by atoms with E-state index in [4.69, 9.17) is 5.11 Å². The van der Waals surface area contributed by atoms with Gasteiger partial charge in [0.1, 0.15) is 18.1 Å². The first-order valence-corrected chi connectivity index (χ1v) is 4.55. The van der Waals surface area contributed by atoms with Crippen LogP contribution in [0.1, 0.15) is 5.89 Å². The van der Waals surface area contributed by atoms with Crippen molar-refractivity contribution in [2.24, 2.45) is 0 Å². The molecule has 88 valence electrons. The van der Waals surface area contributed by atoms with Crippen molar-refractivity contribution in [1.82, 2.24) is 10.1 Å². The molecule has 1 heterocycles. The number of benzene rings is 1. The second-order valence-corrected chi connectivity index (χ2v) is 3.24. The zero-order valence-electron chi connectivity index (χ0n) is 8.35. The third-order valence-electron chi connectivity index (χ3n) is 1.89. The maximum atomic E-state index is 12.9. The minimum Gasteiger partial charge on any atom is -0.481 e. The standard InChI is InChI=1S/C10H6F2N2O3/c11-6-1-5(2-7(12)3-6)10-13-8(17-14-10)4-9(15)16/h1-3H,4H2,(H,15,16). The van der Waals surface area contributed by atoms with Gasteiger partial charge in [-0.1, -0.05) is 5.16 Å². The highest BCUT2D eigenvalue weighted by Crippen LogP contribution is 2.18. The fourth-order valence-corrected chi connectivity index (χ4v) is 1.26. The molecular weight excluding hydrogens is 234 g/mol. The van der Waals surface area contributed by atoms with Crippen LogP contribution in [0.15, 0.2) is 22.7 Å². The summed E-state index contributed by atoms with van der Waals surface area (Å²) in [4.78, 5) is 14.1.